The fraction of sp³-hybridized carbons (Fsp3) is 0.250. The quantitative estimate of drug-likeness (QED) is 0.789. The van der Waals surface area contributed by atoms with E-state index in [-0.39, 0.29) is 28.4 Å². The van der Waals surface area contributed by atoms with Gasteiger partial charge in [-0.15, -0.1) is 0 Å². The van der Waals surface area contributed by atoms with E-state index in [4.69, 9.17) is 15.2 Å². The van der Waals surface area contributed by atoms with E-state index < -0.39 is 17.4 Å². The topological polar surface area (TPSA) is 118 Å². The Balaban J connectivity index is 2.33. The lowest BCUT2D eigenvalue weighted by molar-refractivity contribution is -0.136. The maximum atomic E-state index is 12.8. The number of methoxy groups -OCH3 is 1. The zero-order chi connectivity index (χ0) is 19.9. The Labute approximate surface area is 155 Å². The molecule has 2 heterocycles. The number of carbonyl (C=O) groups is 1. The highest BCUT2D eigenvalue weighted by molar-refractivity contribution is 5.93. The maximum Gasteiger partial charge on any atom is 0.338 e. The van der Waals surface area contributed by atoms with Gasteiger partial charge in [-0.05, 0) is 55.5 Å². The minimum atomic E-state index is -0.967. The molecule has 3 N–H and O–H groups in total. The summed E-state index contributed by atoms with van der Waals surface area (Å²) in [6.07, 6.45) is 0. The van der Waals surface area contributed by atoms with Gasteiger partial charge in [-0.3, -0.25) is 4.79 Å². The van der Waals surface area contributed by atoms with Crippen LogP contribution in [-0.4, -0.2) is 18.1 Å². The molecule has 1 aromatic carbocycles. The van der Waals surface area contributed by atoms with E-state index in [2.05, 4.69) is 4.98 Å². The van der Waals surface area contributed by atoms with Crippen molar-refractivity contribution in [1.82, 2.24) is 4.98 Å². The molecule has 0 saturated heterocycles. The predicted octanol–water partition coefficient (Wildman–Crippen LogP) is 2.40. The number of esters is 1. The van der Waals surface area contributed by atoms with Crippen LogP contribution in [0.3, 0.4) is 0 Å². The molecule has 0 radical (unpaired) electrons. The molecule has 7 heteroatoms. The third-order valence-corrected chi connectivity index (χ3v) is 4.81. The van der Waals surface area contributed by atoms with Crippen LogP contribution in [0, 0.1) is 25.2 Å². The van der Waals surface area contributed by atoms with Gasteiger partial charge in [0.1, 0.15) is 17.4 Å². The molecule has 27 heavy (non-hydrogen) atoms. The minimum Gasteiger partial charge on any atom is -0.466 e. The van der Waals surface area contributed by atoms with Gasteiger partial charge in [-0.2, -0.15) is 5.26 Å². The van der Waals surface area contributed by atoms with Gasteiger partial charge in [0, 0.05) is 11.1 Å². The summed E-state index contributed by atoms with van der Waals surface area (Å²) in [5.74, 6) is -1.58. The molecule has 2 aromatic rings. The first-order valence-electron chi connectivity index (χ1n) is 8.29. The minimum absolute atomic E-state index is 0.00492. The van der Waals surface area contributed by atoms with Crippen molar-refractivity contribution in [2.75, 3.05) is 7.11 Å². The summed E-state index contributed by atoms with van der Waals surface area (Å²) < 4.78 is 10.2. The second-order valence-electron chi connectivity index (χ2n) is 6.46. The molecule has 0 fully saturated rings. The number of hydrogen-bond donors (Lipinski definition) is 2. The normalized spacial score (nSPS) is 16.9. The molecule has 1 aliphatic rings. The summed E-state index contributed by atoms with van der Waals surface area (Å²) >= 11 is 0. The maximum absolute atomic E-state index is 12.8. The number of H-pyrrole nitrogens is 1. The number of pyridine rings is 1. The molecule has 138 valence electrons. The Kier molecular flexibility index (Phi) is 4.50. The molecule has 0 amide bonds. The van der Waals surface area contributed by atoms with E-state index in [0.29, 0.717) is 5.52 Å². The highest BCUT2D eigenvalue weighted by Gasteiger charge is 2.37. The number of nitrogens with one attached hydrogen (secondary N) is 1. The molecule has 1 atom stereocenters. The molecule has 7 nitrogen and oxygen atoms in total. The number of nitriles is 1. The van der Waals surface area contributed by atoms with Crippen molar-refractivity contribution in [1.29, 1.82) is 5.26 Å². The molecule has 0 bridgehead atoms. The molecule has 0 saturated carbocycles. The first-order chi connectivity index (χ1) is 12.8. The van der Waals surface area contributed by atoms with E-state index in [0.717, 1.165) is 16.5 Å². The SMILES string of the molecule is COC(=O)C1=C(C)OC(N)=C(C#N)[C@@H]1c1cc2cc(C)c(C)cc2[nH]c1=O. The van der Waals surface area contributed by atoms with Crippen LogP contribution in [0.25, 0.3) is 10.9 Å². The average Bonchev–Trinajstić information content (AvgIpc) is 2.61. The van der Waals surface area contributed by atoms with Crippen LogP contribution in [0.4, 0.5) is 0 Å². The average molecular weight is 365 g/mol. The third-order valence-electron chi connectivity index (χ3n) is 4.81. The number of ether oxygens (including phenoxy) is 2. The first kappa shape index (κ1) is 18.3. The Morgan fingerprint density at radius 2 is 1.93 bits per heavy atom. The van der Waals surface area contributed by atoms with Crippen molar-refractivity contribution >= 4 is 16.9 Å². The van der Waals surface area contributed by atoms with Crippen LogP contribution in [0.15, 0.2) is 45.8 Å². The van der Waals surface area contributed by atoms with Gasteiger partial charge in [0.2, 0.25) is 5.88 Å². The largest absolute Gasteiger partial charge is 0.466 e. The molecular weight excluding hydrogens is 346 g/mol. The van der Waals surface area contributed by atoms with Gasteiger partial charge in [0.05, 0.1) is 18.6 Å². The summed E-state index contributed by atoms with van der Waals surface area (Å²) in [6.45, 7) is 5.47. The molecule has 0 spiro atoms. The van der Waals surface area contributed by atoms with Gasteiger partial charge < -0.3 is 20.2 Å². The lowest BCUT2D eigenvalue weighted by Crippen LogP contribution is -2.28. The third kappa shape index (κ3) is 2.95. The molecule has 0 aliphatic carbocycles. The lowest BCUT2D eigenvalue weighted by Gasteiger charge is -2.26. The number of aryl methyl sites for hydroxylation is 2. The van der Waals surface area contributed by atoms with E-state index >= 15 is 0 Å². The van der Waals surface area contributed by atoms with Crippen LogP contribution in [0.2, 0.25) is 0 Å². The first-order valence-corrected chi connectivity index (χ1v) is 8.29. The Bertz CT molecular complexity index is 1130. The number of aromatic nitrogens is 1. The number of nitrogens with two attached hydrogens (primary N) is 1. The zero-order valence-electron chi connectivity index (χ0n) is 15.5. The zero-order valence-corrected chi connectivity index (χ0v) is 15.5. The summed E-state index contributed by atoms with van der Waals surface area (Å²) in [5.41, 5.74) is 8.53. The van der Waals surface area contributed by atoms with Crippen LogP contribution < -0.4 is 11.3 Å². The van der Waals surface area contributed by atoms with Crippen LogP contribution in [0.1, 0.15) is 29.5 Å². The Morgan fingerprint density at radius 3 is 2.56 bits per heavy atom. The number of carbonyl (C=O) groups excluding carboxylic acids is 1. The highest BCUT2D eigenvalue weighted by atomic mass is 16.5. The van der Waals surface area contributed by atoms with Gasteiger partial charge in [0.15, 0.2) is 0 Å². The van der Waals surface area contributed by atoms with Crippen LogP contribution in [0.5, 0.6) is 0 Å². The molecule has 0 unspecified atom stereocenters. The molecule has 3 rings (SSSR count). The Morgan fingerprint density at radius 1 is 1.26 bits per heavy atom. The number of benzene rings is 1. The monoisotopic (exact) mass is 365 g/mol. The fourth-order valence-corrected chi connectivity index (χ4v) is 3.28. The summed E-state index contributed by atoms with van der Waals surface area (Å²) in [5, 5.41) is 10.4. The van der Waals surface area contributed by atoms with Crippen molar-refractivity contribution in [3.05, 3.63) is 68.0 Å². The van der Waals surface area contributed by atoms with Crippen molar-refractivity contribution in [2.45, 2.75) is 26.7 Å². The summed E-state index contributed by atoms with van der Waals surface area (Å²) in [7, 11) is 1.23. The Hall–Kier alpha value is -3.53. The van der Waals surface area contributed by atoms with Gasteiger partial charge >= 0.3 is 5.97 Å². The highest BCUT2D eigenvalue weighted by Crippen LogP contribution is 2.38. The van der Waals surface area contributed by atoms with Crippen molar-refractivity contribution < 1.29 is 14.3 Å². The fourth-order valence-electron chi connectivity index (χ4n) is 3.28. The van der Waals surface area contributed by atoms with Gasteiger partial charge in [-0.1, -0.05) is 0 Å². The number of fused-ring (bicyclic) bond motifs is 1. The van der Waals surface area contributed by atoms with E-state index in [9.17, 15) is 14.9 Å². The van der Waals surface area contributed by atoms with Crippen molar-refractivity contribution in [3.8, 4) is 6.07 Å². The van der Waals surface area contributed by atoms with Gasteiger partial charge in [-0.25, -0.2) is 4.79 Å². The standard InChI is InChI=1S/C20H19N3O4/c1-9-5-12-7-13(19(24)23-15(12)6-10(9)2)17-14(8-21)18(22)27-11(3)16(17)20(25)26-4/h5-7,17H,22H2,1-4H3,(H,23,24)/t17-/m0/s1. The predicted molar refractivity (Wildman–Crippen MR) is 99.4 cm³/mol. The number of nitrogens with zero attached hydrogens (tertiary/aromatic N) is 1. The lowest BCUT2D eigenvalue weighted by atomic mass is 9.83. The van der Waals surface area contributed by atoms with E-state index in [1.54, 1.807) is 13.0 Å². The summed E-state index contributed by atoms with van der Waals surface area (Å²) in [4.78, 5) is 28.0. The molecular formula is C20H19N3O4. The van der Waals surface area contributed by atoms with Crippen molar-refractivity contribution in [3.63, 3.8) is 0 Å². The second-order valence-corrected chi connectivity index (χ2v) is 6.46. The summed E-state index contributed by atoms with van der Waals surface area (Å²) in [6, 6.07) is 7.47. The van der Waals surface area contributed by atoms with E-state index in [1.165, 1.54) is 7.11 Å². The second kappa shape index (κ2) is 6.65. The number of hydrogen-bond acceptors (Lipinski definition) is 6. The number of aromatic amines is 1. The number of allylic oxidation sites excluding steroid dienone is 2. The van der Waals surface area contributed by atoms with Crippen LogP contribution in [-0.2, 0) is 14.3 Å². The van der Waals surface area contributed by atoms with Gasteiger partial charge in [0.25, 0.3) is 5.56 Å². The van der Waals surface area contributed by atoms with Crippen LogP contribution >= 0.6 is 0 Å². The van der Waals surface area contributed by atoms with E-state index in [1.807, 2.05) is 32.0 Å². The smallest absolute Gasteiger partial charge is 0.338 e. The molecule has 1 aromatic heterocycles. The molecule has 1 aliphatic heterocycles. The van der Waals surface area contributed by atoms with Crippen molar-refractivity contribution in [2.24, 2.45) is 5.73 Å². The number of rotatable bonds is 2.